The quantitative estimate of drug-likeness (QED) is 0.107. The standard InChI is InChI=1S/C66H45N3Si/c1-5-20-46(21-6-1)47-36-39-58-59-40-37-50(68-61-33-16-13-30-55(61)56-31-14-17-34-62(56)68)45-66(59)69(65(58)42-47)49-38-41-64-60(44-49)57-32-15-18-35-63(57)67(64)48-22-19-29-54(43-48)70(51-23-7-2-8-24-51,52-25-9-3-10-26-52)53-27-11-4-12-28-53/h1-45H. The zero-order valence-electron chi connectivity index (χ0n) is 38.3. The molecule has 0 saturated carbocycles. The molecule has 0 unspecified atom stereocenters. The number of hydrogen-bond donors (Lipinski definition) is 0. The van der Waals surface area contributed by atoms with Gasteiger partial charge in [0.15, 0.2) is 8.07 Å². The Labute approximate surface area is 407 Å². The van der Waals surface area contributed by atoms with Crippen molar-refractivity contribution in [3.8, 4) is 28.2 Å². The second kappa shape index (κ2) is 16.1. The van der Waals surface area contributed by atoms with Gasteiger partial charge in [0.2, 0.25) is 0 Å². The minimum absolute atomic E-state index is 1.12. The summed E-state index contributed by atoms with van der Waals surface area (Å²) in [6.07, 6.45) is 0. The highest BCUT2D eigenvalue weighted by molar-refractivity contribution is 7.19. The van der Waals surface area contributed by atoms with Gasteiger partial charge in [0.25, 0.3) is 0 Å². The van der Waals surface area contributed by atoms with Crippen LogP contribution in [0.1, 0.15) is 0 Å². The molecule has 0 amide bonds. The van der Waals surface area contributed by atoms with E-state index in [1.807, 2.05) is 0 Å². The molecule has 0 N–H and O–H groups in total. The average molecular weight is 908 g/mol. The van der Waals surface area contributed by atoms with Crippen molar-refractivity contribution in [2.45, 2.75) is 0 Å². The summed E-state index contributed by atoms with van der Waals surface area (Å²) in [5.41, 5.74) is 12.9. The van der Waals surface area contributed by atoms with Gasteiger partial charge in [0, 0.05) is 49.4 Å². The zero-order valence-corrected chi connectivity index (χ0v) is 39.3. The van der Waals surface area contributed by atoms with E-state index in [2.05, 4.69) is 287 Å². The number of nitrogens with zero attached hydrogens (tertiary/aromatic N) is 3. The van der Waals surface area contributed by atoms with Crippen molar-refractivity contribution in [3.63, 3.8) is 0 Å². The average Bonchev–Trinajstić information content (AvgIpc) is 4.07. The van der Waals surface area contributed by atoms with Crippen molar-refractivity contribution in [3.05, 3.63) is 273 Å². The number of fused-ring (bicyclic) bond motifs is 9. The number of hydrogen-bond acceptors (Lipinski definition) is 0. The Morgan fingerprint density at radius 2 is 0.586 bits per heavy atom. The lowest BCUT2D eigenvalue weighted by molar-refractivity contribution is 1.15. The lowest BCUT2D eigenvalue weighted by Gasteiger charge is -2.34. The predicted octanol–water partition coefficient (Wildman–Crippen LogP) is 14.0. The molecule has 0 aliphatic carbocycles. The van der Waals surface area contributed by atoms with Gasteiger partial charge in [-0.1, -0.05) is 206 Å². The number of rotatable bonds is 8. The second-order valence-corrected chi connectivity index (χ2v) is 22.3. The molecule has 3 heterocycles. The van der Waals surface area contributed by atoms with Crippen LogP contribution in [0.2, 0.25) is 0 Å². The minimum atomic E-state index is -2.78. The highest BCUT2D eigenvalue weighted by Gasteiger charge is 2.41. The first-order valence-corrected chi connectivity index (χ1v) is 26.2. The molecule has 4 heteroatoms. The van der Waals surface area contributed by atoms with Gasteiger partial charge in [0.1, 0.15) is 0 Å². The van der Waals surface area contributed by atoms with E-state index in [0.717, 1.165) is 17.1 Å². The van der Waals surface area contributed by atoms with Crippen molar-refractivity contribution >= 4 is 94.2 Å². The van der Waals surface area contributed by atoms with Crippen LogP contribution in [-0.2, 0) is 0 Å². The van der Waals surface area contributed by atoms with Gasteiger partial charge in [-0.25, -0.2) is 0 Å². The van der Waals surface area contributed by atoms with Gasteiger partial charge in [-0.15, -0.1) is 0 Å². The van der Waals surface area contributed by atoms with Gasteiger partial charge in [-0.3, -0.25) is 0 Å². The van der Waals surface area contributed by atoms with Crippen LogP contribution in [0.4, 0.5) is 0 Å². The number of aromatic nitrogens is 3. The van der Waals surface area contributed by atoms with E-state index in [0.29, 0.717) is 0 Å². The second-order valence-electron chi connectivity index (χ2n) is 18.5. The molecular formula is C66H45N3Si. The fourth-order valence-corrected chi connectivity index (χ4v) is 16.5. The summed E-state index contributed by atoms with van der Waals surface area (Å²) in [7, 11) is -2.78. The maximum Gasteiger partial charge on any atom is 0.179 e. The third-order valence-corrected chi connectivity index (χ3v) is 19.5. The first-order chi connectivity index (χ1) is 34.7. The van der Waals surface area contributed by atoms with E-state index in [9.17, 15) is 0 Å². The van der Waals surface area contributed by atoms with Crippen LogP contribution in [-0.4, -0.2) is 21.8 Å². The molecule has 3 nitrogen and oxygen atoms in total. The summed E-state index contributed by atoms with van der Waals surface area (Å²) >= 11 is 0. The molecule has 328 valence electrons. The smallest absolute Gasteiger partial charge is 0.179 e. The summed E-state index contributed by atoms with van der Waals surface area (Å²) in [5.74, 6) is 0. The molecule has 11 aromatic carbocycles. The Hall–Kier alpha value is -8.96. The Bertz CT molecular complexity index is 4130. The van der Waals surface area contributed by atoms with E-state index in [-0.39, 0.29) is 0 Å². The SMILES string of the molecule is c1ccc(-c2ccc3c4ccc(-n5c6ccccc6c6ccccc65)cc4n(-c4ccc5c(c4)c4ccccc4n5-c4cccc([Si](c5ccccc5)(c5ccccc5)c5ccccc5)c4)c3c2)cc1. The van der Waals surface area contributed by atoms with Crippen molar-refractivity contribution in [2.75, 3.05) is 0 Å². The summed E-state index contributed by atoms with van der Waals surface area (Å²) < 4.78 is 7.41. The first-order valence-electron chi connectivity index (χ1n) is 24.2. The molecule has 0 aliphatic heterocycles. The molecule has 0 spiro atoms. The van der Waals surface area contributed by atoms with Crippen LogP contribution >= 0.6 is 0 Å². The van der Waals surface area contributed by atoms with Gasteiger partial charge in [0.05, 0.1) is 33.1 Å². The van der Waals surface area contributed by atoms with Crippen LogP contribution in [0.25, 0.3) is 93.6 Å². The molecule has 0 bridgehead atoms. The van der Waals surface area contributed by atoms with E-state index < -0.39 is 8.07 Å². The lowest BCUT2D eigenvalue weighted by Crippen LogP contribution is -2.74. The molecule has 14 rings (SSSR count). The van der Waals surface area contributed by atoms with Crippen LogP contribution in [0.15, 0.2) is 273 Å². The largest absolute Gasteiger partial charge is 0.309 e. The van der Waals surface area contributed by atoms with E-state index in [1.54, 1.807) is 0 Å². The van der Waals surface area contributed by atoms with E-state index in [4.69, 9.17) is 0 Å². The highest BCUT2D eigenvalue weighted by atomic mass is 28.3. The monoisotopic (exact) mass is 907 g/mol. The summed E-state index contributed by atoms with van der Waals surface area (Å²) in [6, 6.07) is 101. The molecular weight excluding hydrogens is 863 g/mol. The molecule has 70 heavy (non-hydrogen) atoms. The number of benzene rings is 11. The summed E-state index contributed by atoms with van der Waals surface area (Å²) in [6.45, 7) is 0. The molecule has 3 aromatic heterocycles. The summed E-state index contributed by atoms with van der Waals surface area (Å²) in [4.78, 5) is 0. The molecule has 14 aromatic rings. The van der Waals surface area contributed by atoms with Gasteiger partial charge < -0.3 is 13.7 Å². The predicted molar refractivity (Wildman–Crippen MR) is 299 cm³/mol. The Balaban J connectivity index is 1.01. The third kappa shape index (κ3) is 6.07. The van der Waals surface area contributed by atoms with Crippen LogP contribution in [0.3, 0.4) is 0 Å². The normalized spacial score (nSPS) is 12.0. The zero-order chi connectivity index (χ0) is 46.2. The molecule has 0 radical (unpaired) electrons. The van der Waals surface area contributed by atoms with E-state index in [1.165, 1.54) is 97.3 Å². The molecule has 0 fully saturated rings. The Morgan fingerprint density at radius 1 is 0.200 bits per heavy atom. The topological polar surface area (TPSA) is 14.8 Å². The van der Waals surface area contributed by atoms with Crippen LogP contribution in [0, 0.1) is 0 Å². The fraction of sp³-hybridized carbons (Fsp3) is 0. The number of para-hydroxylation sites is 3. The first kappa shape index (κ1) is 40.1. The Morgan fingerprint density at radius 3 is 1.16 bits per heavy atom. The van der Waals surface area contributed by atoms with Crippen molar-refractivity contribution in [2.24, 2.45) is 0 Å². The summed E-state index contributed by atoms with van der Waals surface area (Å²) in [5, 5.41) is 12.8. The van der Waals surface area contributed by atoms with Crippen molar-refractivity contribution in [1.82, 2.24) is 13.7 Å². The van der Waals surface area contributed by atoms with Crippen LogP contribution in [0.5, 0.6) is 0 Å². The third-order valence-electron chi connectivity index (χ3n) is 14.8. The molecule has 0 aliphatic rings. The van der Waals surface area contributed by atoms with Crippen LogP contribution < -0.4 is 20.7 Å². The van der Waals surface area contributed by atoms with Crippen molar-refractivity contribution < 1.29 is 0 Å². The highest BCUT2D eigenvalue weighted by Crippen LogP contribution is 2.40. The van der Waals surface area contributed by atoms with Gasteiger partial charge in [-0.2, -0.15) is 0 Å². The minimum Gasteiger partial charge on any atom is -0.309 e. The molecule has 0 atom stereocenters. The maximum atomic E-state index is 2.50. The maximum absolute atomic E-state index is 2.78. The van der Waals surface area contributed by atoms with Crippen molar-refractivity contribution in [1.29, 1.82) is 0 Å². The van der Waals surface area contributed by atoms with Gasteiger partial charge in [-0.05, 0) is 98.6 Å². The lowest BCUT2D eigenvalue weighted by atomic mass is 10.0. The fourth-order valence-electron chi connectivity index (χ4n) is 11.8. The molecule has 0 saturated heterocycles. The van der Waals surface area contributed by atoms with E-state index >= 15 is 0 Å². The Kier molecular flexibility index (Phi) is 9.23. The van der Waals surface area contributed by atoms with Gasteiger partial charge >= 0.3 is 0 Å².